The zero-order valence-electron chi connectivity index (χ0n) is 21.7. The van der Waals surface area contributed by atoms with Crippen molar-refractivity contribution < 1.29 is 10.2 Å². The van der Waals surface area contributed by atoms with Crippen LogP contribution in [0, 0.1) is 17.8 Å². The molecule has 3 aliphatic rings. The number of aromatic nitrogens is 1. The number of hydrogen-bond acceptors (Lipinski definition) is 4. The van der Waals surface area contributed by atoms with E-state index in [2.05, 4.69) is 73.7 Å². The number of halogens is 3. The Morgan fingerprint density at radius 2 is 1.89 bits per heavy atom. The summed E-state index contributed by atoms with van der Waals surface area (Å²) in [7, 11) is 0. The molecule has 200 valence electrons. The maximum atomic E-state index is 11.6. The summed E-state index contributed by atoms with van der Waals surface area (Å²) in [6.45, 7) is 5.72. The predicted octanol–water partition coefficient (Wildman–Crippen LogP) is 7.58. The van der Waals surface area contributed by atoms with Crippen molar-refractivity contribution in [2.24, 2.45) is 17.8 Å². The molecule has 7 heteroatoms. The fourth-order valence-electron chi connectivity index (χ4n) is 6.28. The van der Waals surface area contributed by atoms with Crippen LogP contribution >= 0.6 is 43.5 Å². The lowest BCUT2D eigenvalue weighted by molar-refractivity contribution is -0.120. The second-order valence-electron chi connectivity index (χ2n) is 11.0. The Morgan fingerprint density at radius 1 is 1.16 bits per heavy atom. The van der Waals surface area contributed by atoms with E-state index in [1.807, 2.05) is 37.4 Å². The number of allylic oxidation sites excluding steroid dienone is 1. The van der Waals surface area contributed by atoms with Gasteiger partial charge in [-0.05, 0) is 112 Å². The topological polar surface area (TPSA) is 56.6 Å². The van der Waals surface area contributed by atoms with Crippen LogP contribution in [0.2, 0.25) is 5.02 Å². The first kappa shape index (κ1) is 28.0. The van der Waals surface area contributed by atoms with Crippen molar-refractivity contribution in [1.82, 2.24) is 9.88 Å². The Hall–Kier alpha value is -1.50. The van der Waals surface area contributed by atoms with Gasteiger partial charge in [-0.25, -0.2) is 0 Å². The molecule has 0 radical (unpaired) electrons. The molecule has 2 aromatic rings. The van der Waals surface area contributed by atoms with Crippen molar-refractivity contribution in [3.8, 4) is 0 Å². The predicted molar refractivity (Wildman–Crippen MR) is 162 cm³/mol. The van der Waals surface area contributed by atoms with E-state index < -0.39 is 5.72 Å². The molecule has 5 rings (SSSR count). The highest BCUT2D eigenvalue weighted by Crippen LogP contribution is 2.47. The Kier molecular flexibility index (Phi) is 8.52. The van der Waals surface area contributed by atoms with E-state index in [0.717, 1.165) is 57.3 Å². The third kappa shape index (κ3) is 5.83. The Morgan fingerprint density at radius 3 is 2.63 bits per heavy atom. The number of likely N-dealkylation sites (tertiary alicyclic amines) is 1. The van der Waals surface area contributed by atoms with Crippen molar-refractivity contribution in [2.45, 2.75) is 44.8 Å². The number of aliphatic hydroxyl groups excluding tert-OH is 1. The zero-order chi connectivity index (χ0) is 27.0. The van der Waals surface area contributed by atoms with E-state index in [1.165, 1.54) is 5.56 Å². The molecule has 2 heterocycles. The molecule has 0 spiro atoms. The van der Waals surface area contributed by atoms with Gasteiger partial charge in [0.25, 0.3) is 0 Å². The average molecular weight is 661 g/mol. The highest BCUT2D eigenvalue weighted by atomic mass is 79.9. The maximum absolute atomic E-state index is 11.6. The Labute approximate surface area is 247 Å². The van der Waals surface area contributed by atoms with Crippen molar-refractivity contribution >= 4 is 55.6 Å². The molecule has 0 bridgehead atoms. The first-order valence-corrected chi connectivity index (χ1v) is 15.2. The molecule has 1 aromatic heterocycles. The second kappa shape index (κ2) is 11.5. The van der Waals surface area contributed by atoms with Crippen LogP contribution in [0.3, 0.4) is 0 Å². The van der Waals surface area contributed by atoms with Gasteiger partial charge in [-0.2, -0.15) is 0 Å². The molecular weight excluding hydrogens is 628 g/mol. The molecule has 2 aliphatic carbocycles. The molecule has 2 N–H and O–H groups in total. The standard InChI is InChI=1S/C31H33Br2ClN2O2/c1-19-12-20(18-37)4-3-5-24(19)16-31(2,38)36-10-8-21(9-11-36)29-28-22(14-26(34)15-27(28)33)6-7-23-13-25(32)17-35-30(23)29/h4-7,12-15,17,19,21,24,29,37-38H,8-11,16,18H2,1-2H3. The maximum Gasteiger partial charge on any atom is 0.116 e. The molecular formula is C31H33Br2ClN2O2. The van der Waals surface area contributed by atoms with Crippen LogP contribution in [0.4, 0.5) is 0 Å². The van der Waals surface area contributed by atoms with E-state index in [-0.39, 0.29) is 24.4 Å². The molecule has 1 fully saturated rings. The monoisotopic (exact) mass is 658 g/mol. The first-order chi connectivity index (χ1) is 18.2. The summed E-state index contributed by atoms with van der Waals surface area (Å²) >= 11 is 13.9. The van der Waals surface area contributed by atoms with Crippen molar-refractivity contribution in [3.63, 3.8) is 0 Å². The minimum absolute atomic E-state index is 0.0128. The van der Waals surface area contributed by atoms with Gasteiger partial charge >= 0.3 is 0 Å². The highest BCUT2D eigenvalue weighted by molar-refractivity contribution is 9.10. The summed E-state index contributed by atoms with van der Waals surface area (Å²) < 4.78 is 1.98. The Bertz CT molecular complexity index is 1340. The number of rotatable bonds is 5. The summed E-state index contributed by atoms with van der Waals surface area (Å²) in [5, 5.41) is 21.9. The molecule has 1 aromatic carbocycles. The van der Waals surface area contributed by atoms with Crippen LogP contribution in [0.15, 0.2) is 62.9 Å². The molecule has 4 nitrogen and oxygen atoms in total. The van der Waals surface area contributed by atoms with Crippen LogP contribution in [-0.2, 0) is 0 Å². The minimum Gasteiger partial charge on any atom is -0.392 e. The van der Waals surface area contributed by atoms with Gasteiger partial charge in [0.05, 0.1) is 12.3 Å². The van der Waals surface area contributed by atoms with Gasteiger partial charge in [0.2, 0.25) is 0 Å². The average Bonchev–Trinajstić information content (AvgIpc) is 3.15. The van der Waals surface area contributed by atoms with Crippen LogP contribution in [0.25, 0.3) is 12.2 Å². The summed E-state index contributed by atoms with van der Waals surface area (Å²) in [5.74, 6) is 0.866. The largest absolute Gasteiger partial charge is 0.392 e. The number of piperidine rings is 1. The van der Waals surface area contributed by atoms with Gasteiger partial charge in [0, 0.05) is 39.2 Å². The summed E-state index contributed by atoms with van der Waals surface area (Å²) in [6, 6.07) is 6.16. The molecule has 0 amide bonds. The number of aliphatic hydroxyl groups is 2. The smallest absolute Gasteiger partial charge is 0.116 e. The fraction of sp³-hybridized carbons (Fsp3) is 0.419. The van der Waals surface area contributed by atoms with Crippen LogP contribution in [0.5, 0.6) is 0 Å². The highest BCUT2D eigenvalue weighted by Gasteiger charge is 2.39. The summed E-state index contributed by atoms with van der Waals surface area (Å²) in [5.41, 5.74) is 7.72. The zero-order valence-corrected chi connectivity index (χ0v) is 25.6. The molecule has 0 saturated carbocycles. The van der Waals surface area contributed by atoms with Gasteiger partial charge in [0.1, 0.15) is 5.72 Å². The van der Waals surface area contributed by atoms with Crippen molar-refractivity contribution in [3.05, 3.63) is 90.3 Å². The van der Waals surface area contributed by atoms with Crippen molar-refractivity contribution in [1.29, 1.82) is 0 Å². The third-order valence-corrected chi connectivity index (χ3v) is 9.63. The SMILES string of the molecule is CC1C=C(CO)C=C=CC1CC(C)(O)N1CCC(C2c3ncc(Br)cc3C=Cc3cc(Cl)cc(Br)c32)CC1. The molecule has 1 saturated heterocycles. The molecule has 4 unspecified atom stereocenters. The number of hydrogen-bond donors (Lipinski definition) is 2. The number of pyridine rings is 1. The van der Waals surface area contributed by atoms with Gasteiger partial charge in [-0.3, -0.25) is 9.88 Å². The minimum atomic E-state index is -0.933. The van der Waals surface area contributed by atoms with E-state index in [0.29, 0.717) is 17.4 Å². The second-order valence-corrected chi connectivity index (χ2v) is 13.2. The lowest BCUT2D eigenvalue weighted by Crippen LogP contribution is -2.51. The van der Waals surface area contributed by atoms with Gasteiger partial charge < -0.3 is 10.2 Å². The lowest BCUT2D eigenvalue weighted by atomic mass is 9.75. The number of nitrogens with zero attached hydrogens (tertiary/aromatic N) is 2. The van der Waals surface area contributed by atoms with Crippen molar-refractivity contribution in [2.75, 3.05) is 19.7 Å². The number of fused-ring (bicyclic) bond motifs is 2. The fourth-order valence-corrected chi connectivity index (χ4v) is 7.71. The number of benzene rings is 1. The van der Waals surface area contributed by atoms with E-state index in [1.54, 1.807) is 0 Å². The lowest BCUT2D eigenvalue weighted by Gasteiger charge is -2.44. The van der Waals surface area contributed by atoms with Crippen LogP contribution < -0.4 is 0 Å². The van der Waals surface area contributed by atoms with E-state index in [4.69, 9.17) is 16.6 Å². The Balaban J connectivity index is 1.38. The van der Waals surface area contributed by atoms with E-state index >= 15 is 0 Å². The molecule has 4 atom stereocenters. The van der Waals surface area contributed by atoms with Gasteiger partial charge in [-0.1, -0.05) is 52.7 Å². The quantitative estimate of drug-likeness (QED) is 0.325. The third-order valence-electron chi connectivity index (χ3n) is 8.32. The van der Waals surface area contributed by atoms with Crippen LogP contribution in [0.1, 0.15) is 61.4 Å². The van der Waals surface area contributed by atoms with E-state index in [9.17, 15) is 10.2 Å². The summed E-state index contributed by atoms with van der Waals surface area (Å²) in [4.78, 5) is 7.16. The summed E-state index contributed by atoms with van der Waals surface area (Å²) in [6.07, 6.45) is 14.7. The first-order valence-electron chi connectivity index (χ1n) is 13.2. The normalized spacial score (nSPS) is 25.2. The van der Waals surface area contributed by atoms with Gasteiger partial charge in [-0.15, -0.1) is 5.73 Å². The van der Waals surface area contributed by atoms with Gasteiger partial charge in [0.15, 0.2) is 0 Å². The molecule has 38 heavy (non-hydrogen) atoms. The molecule has 1 aliphatic heterocycles. The van der Waals surface area contributed by atoms with Crippen LogP contribution in [-0.4, -0.2) is 45.5 Å².